The maximum absolute atomic E-state index is 14.3. The van der Waals surface area contributed by atoms with Crippen LogP contribution >= 0.6 is 0 Å². The van der Waals surface area contributed by atoms with Crippen molar-refractivity contribution in [2.24, 2.45) is 5.92 Å². The minimum absolute atomic E-state index is 0.178. The number of halogens is 1. The maximum Gasteiger partial charge on any atom is 0.170 e. The zero-order valence-electron chi connectivity index (χ0n) is 11.4. The van der Waals surface area contributed by atoms with Crippen molar-refractivity contribution < 1.29 is 4.39 Å². The third-order valence-corrected chi connectivity index (χ3v) is 3.25. The van der Waals surface area contributed by atoms with Crippen molar-refractivity contribution in [3.63, 3.8) is 0 Å². The number of aromatic nitrogens is 1. The van der Waals surface area contributed by atoms with E-state index in [1.165, 1.54) is 0 Å². The summed E-state index contributed by atoms with van der Waals surface area (Å²) in [4.78, 5) is 6.13. The molecule has 2 rings (SSSR count). The molecular formula is C14H22FN3. The van der Waals surface area contributed by atoms with E-state index in [0.29, 0.717) is 29.9 Å². The first-order valence-electron chi connectivity index (χ1n) is 6.66. The number of anilines is 1. The Labute approximate surface area is 108 Å². The molecule has 4 heteroatoms. The van der Waals surface area contributed by atoms with Gasteiger partial charge in [-0.3, -0.25) is 0 Å². The van der Waals surface area contributed by atoms with Gasteiger partial charge >= 0.3 is 0 Å². The molecule has 1 heterocycles. The van der Waals surface area contributed by atoms with Crippen LogP contribution in [0.3, 0.4) is 0 Å². The minimum atomic E-state index is -0.178. The number of rotatable bonds is 6. The lowest BCUT2D eigenvalue weighted by Crippen LogP contribution is -2.24. The first kappa shape index (κ1) is 13.3. The first-order chi connectivity index (χ1) is 8.59. The summed E-state index contributed by atoms with van der Waals surface area (Å²) in [5, 5.41) is 3.27. The summed E-state index contributed by atoms with van der Waals surface area (Å²) in [7, 11) is 1.93. The Bertz CT molecular complexity index is 402. The van der Waals surface area contributed by atoms with Gasteiger partial charge in [0.05, 0.1) is 0 Å². The number of nitrogens with one attached hydrogen (secondary N) is 1. The van der Waals surface area contributed by atoms with Crippen LogP contribution in [0.4, 0.5) is 10.2 Å². The Hall–Kier alpha value is -1.16. The van der Waals surface area contributed by atoms with E-state index in [2.05, 4.69) is 24.1 Å². The zero-order valence-corrected chi connectivity index (χ0v) is 11.4. The molecule has 0 amide bonds. The SMILES string of the molecule is CC(C)CNCc1ccnc(N(C)C2CC2)c1F. The van der Waals surface area contributed by atoms with Gasteiger partial charge in [-0.15, -0.1) is 0 Å². The quantitative estimate of drug-likeness (QED) is 0.842. The molecule has 0 bridgehead atoms. The van der Waals surface area contributed by atoms with E-state index in [1.807, 2.05) is 11.9 Å². The molecule has 3 nitrogen and oxygen atoms in total. The molecule has 1 fully saturated rings. The lowest BCUT2D eigenvalue weighted by atomic mass is 10.2. The predicted molar refractivity (Wildman–Crippen MR) is 72.2 cm³/mol. The Morgan fingerprint density at radius 2 is 2.22 bits per heavy atom. The molecule has 0 spiro atoms. The number of hydrogen-bond donors (Lipinski definition) is 1. The lowest BCUT2D eigenvalue weighted by molar-refractivity contribution is 0.532. The molecule has 100 valence electrons. The molecule has 1 N–H and O–H groups in total. The van der Waals surface area contributed by atoms with Crippen LogP contribution in [-0.4, -0.2) is 24.6 Å². The summed E-state index contributed by atoms with van der Waals surface area (Å²) in [6.07, 6.45) is 3.99. The molecule has 1 aliphatic carbocycles. The van der Waals surface area contributed by atoms with Crippen molar-refractivity contribution >= 4 is 5.82 Å². The van der Waals surface area contributed by atoms with E-state index in [9.17, 15) is 4.39 Å². The highest BCUT2D eigenvalue weighted by atomic mass is 19.1. The van der Waals surface area contributed by atoms with Crippen molar-refractivity contribution in [2.75, 3.05) is 18.5 Å². The highest BCUT2D eigenvalue weighted by Crippen LogP contribution is 2.31. The van der Waals surface area contributed by atoms with Gasteiger partial charge < -0.3 is 10.2 Å². The summed E-state index contributed by atoms with van der Waals surface area (Å²) < 4.78 is 14.3. The van der Waals surface area contributed by atoms with Crippen LogP contribution in [0.25, 0.3) is 0 Å². The Balaban J connectivity index is 2.04. The van der Waals surface area contributed by atoms with E-state index >= 15 is 0 Å². The summed E-state index contributed by atoms with van der Waals surface area (Å²) in [5.41, 5.74) is 0.702. The summed E-state index contributed by atoms with van der Waals surface area (Å²) >= 11 is 0. The molecule has 0 aliphatic heterocycles. The summed E-state index contributed by atoms with van der Waals surface area (Å²) in [6.45, 7) is 5.75. The van der Waals surface area contributed by atoms with Crippen molar-refractivity contribution in [3.8, 4) is 0 Å². The average Bonchev–Trinajstić information content (AvgIpc) is 3.14. The van der Waals surface area contributed by atoms with Crippen molar-refractivity contribution in [3.05, 3.63) is 23.6 Å². The van der Waals surface area contributed by atoms with Crippen LogP contribution in [0.5, 0.6) is 0 Å². The molecular weight excluding hydrogens is 229 g/mol. The Kier molecular flexibility index (Phi) is 4.17. The maximum atomic E-state index is 14.3. The molecule has 0 aromatic carbocycles. The smallest absolute Gasteiger partial charge is 0.170 e. The van der Waals surface area contributed by atoms with Crippen molar-refractivity contribution in [1.29, 1.82) is 0 Å². The standard InChI is InChI=1S/C14H22FN3/c1-10(2)8-16-9-11-6-7-17-14(13(11)15)18(3)12-4-5-12/h6-7,10,12,16H,4-5,8-9H2,1-3H3. The van der Waals surface area contributed by atoms with E-state index in [-0.39, 0.29) is 5.82 Å². The second kappa shape index (κ2) is 5.65. The van der Waals surface area contributed by atoms with Gasteiger partial charge in [0.15, 0.2) is 11.6 Å². The van der Waals surface area contributed by atoms with E-state index in [4.69, 9.17) is 0 Å². The van der Waals surface area contributed by atoms with Crippen LogP contribution in [0, 0.1) is 11.7 Å². The van der Waals surface area contributed by atoms with Gasteiger partial charge in [-0.05, 0) is 31.4 Å². The Morgan fingerprint density at radius 1 is 1.50 bits per heavy atom. The molecule has 0 radical (unpaired) electrons. The van der Waals surface area contributed by atoms with E-state index in [0.717, 1.165) is 19.4 Å². The van der Waals surface area contributed by atoms with Gasteiger partial charge in [-0.1, -0.05) is 13.8 Å². The molecule has 1 aliphatic rings. The van der Waals surface area contributed by atoms with Gasteiger partial charge in [0, 0.05) is 31.4 Å². The van der Waals surface area contributed by atoms with Crippen LogP contribution < -0.4 is 10.2 Å². The fourth-order valence-corrected chi connectivity index (χ4v) is 1.98. The zero-order chi connectivity index (χ0) is 13.1. The number of pyridine rings is 1. The monoisotopic (exact) mass is 251 g/mol. The normalized spacial score (nSPS) is 15.2. The van der Waals surface area contributed by atoms with Crippen LogP contribution in [0.1, 0.15) is 32.3 Å². The molecule has 0 saturated heterocycles. The van der Waals surface area contributed by atoms with Crippen LogP contribution in [0.2, 0.25) is 0 Å². The Morgan fingerprint density at radius 3 is 2.83 bits per heavy atom. The van der Waals surface area contributed by atoms with Crippen molar-refractivity contribution in [1.82, 2.24) is 10.3 Å². The molecule has 1 aromatic heterocycles. The van der Waals surface area contributed by atoms with Crippen molar-refractivity contribution in [2.45, 2.75) is 39.3 Å². The number of hydrogen-bond acceptors (Lipinski definition) is 3. The van der Waals surface area contributed by atoms with Crippen LogP contribution in [-0.2, 0) is 6.54 Å². The highest BCUT2D eigenvalue weighted by molar-refractivity contribution is 5.44. The third kappa shape index (κ3) is 3.19. The molecule has 1 saturated carbocycles. The highest BCUT2D eigenvalue weighted by Gasteiger charge is 2.29. The second-order valence-corrected chi connectivity index (χ2v) is 5.47. The van der Waals surface area contributed by atoms with Gasteiger partial charge in [0.2, 0.25) is 0 Å². The number of nitrogens with zero attached hydrogens (tertiary/aromatic N) is 2. The van der Waals surface area contributed by atoms with Crippen LogP contribution in [0.15, 0.2) is 12.3 Å². The summed E-state index contributed by atoms with van der Waals surface area (Å²) in [6, 6.07) is 2.23. The van der Waals surface area contributed by atoms with E-state index in [1.54, 1.807) is 12.3 Å². The molecule has 0 atom stereocenters. The van der Waals surface area contributed by atoms with Gasteiger partial charge in [-0.2, -0.15) is 0 Å². The van der Waals surface area contributed by atoms with Gasteiger partial charge in [-0.25, -0.2) is 9.37 Å². The average molecular weight is 251 g/mol. The summed E-state index contributed by atoms with van der Waals surface area (Å²) in [5.74, 6) is 0.882. The first-order valence-corrected chi connectivity index (χ1v) is 6.66. The largest absolute Gasteiger partial charge is 0.354 e. The van der Waals surface area contributed by atoms with Gasteiger partial charge in [0.25, 0.3) is 0 Å². The molecule has 18 heavy (non-hydrogen) atoms. The molecule has 0 unspecified atom stereocenters. The molecule has 1 aromatic rings. The fraction of sp³-hybridized carbons (Fsp3) is 0.643. The topological polar surface area (TPSA) is 28.2 Å². The predicted octanol–water partition coefficient (Wildman–Crippen LogP) is 2.56. The fourth-order valence-electron chi connectivity index (χ4n) is 1.98. The third-order valence-electron chi connectivity index (χ3n) is 3.25. The lowest BCUT2D eigenvalue weighted by Gasteiger charge is -2.19. The second-order valence-electron chi connectivity index (χ2n) is 5.47. The van der Waals surface area contributed by atoms with Gasteiger partial charge in [0.1, 0.15) is 0 Å². The minimum Gasteiger partial charge on any atom is -0.354 e. The van der Waals surface area contributed by atoms with E-state index < -0.39 is 0 Å².